The van der Waals surface area contributed by atoms with Gasteiger partial charge in [-0.2, -0.15) is 0 Å². The smallest absolute Gasteiger partial charge is 0.0956 e. The summed E-state index contributed by atoms with van der Waals surface area (Å²) in [5, 5.41) is 1.04. The van der Waals surface area contributed by atoms with Crippen LogP contribution in [0.4, 0.5) is 11.4 Å². The Kier molecular flexibility index (Phi) is 4.34. The minimum absolute atomic E-state index is 0.616. The Morgan fingerprint density at radius 3 is 3.00 bits per heavy atom. The SMILES string of the molecule is CCC1CCCCCN1c1ccc(N)c2cc(Br)cnc12. The Bertz CT molecular complexity index is 641. The zero-order valence-corrected chi connectivity index (χ0v) is 14.1. The van der Waals surface area contributed by atoms with Crippen molar-refractivity contribution in [2.24, 2.45) is 0 Å². The molecule has 2 heterocycles. The summed E-state index contributed by atoms with van der Waals surface area (Å²) in [6, 6.07) is 6.85. The number of hydrogen-bond acceptors (Lipinski definition) is 3. The van der Waals surface area contributed by atoms with E-state index in [4.69, 9.17) is 5.73 Å². The van der Waals surface area contributed by atoms with Crippen LogP contribution in [0, 0.1) is 0 Å². The van der Waals surface area contributed by atoms with Gasteiger partial charge in [-0.25, -0.2) is 0 Å². The number of nitrogen functional groups attached to an aromatic ring is 1. The Labute approximate surface area is 134 Å². The van der Waals surface area contributed by atoms with E-state index in [9.17, 15) is 0 Å². The number of pyridine rings is 1. The average molecular weight is 348 g/mol. The highest BCUT2D eigenvalue weighted by atomic mass is 79.9. The van der Waals surface area contributed by atoms with Crippen LogP contribution in [0.15, 0.2) is 28.9 Å². The highest BCUT2D eigenvalue weighted by Gasteiger charge is 2.22. The van der Waals surface area contributed by atoms with Crippen LogP contribution in [0.25, 0.3) is 10.9 Å². The summed E-state index contributed by atoms with van der Waals surface area (Å²) in [6.45, 7) is 3.40. The van der Waals surface area contributed by atoms with Crippen molar-refractivity contribution in [3.05, 3.63) is 28.9 Å². The fourth-order valence-corrected chi connectivity index (χ4v) is 3.68. The Hall–Kier alpha value is -1.29. The standard InChI is InChI=1S/C17H22BrN3/c1-2-13-6-4-3-5-9-21(13)16-8-7-15(19)14-10-12(18)11-20-17(14)16/h7-8,10-11,13H,2-6,9,19H2,1H3. The molecule has 1 unspecified atom stereocenters. The summed E-state index contributed by atoms with van der Waals surface area (Å²) in [6.07, 6.45) is 8.25. The molecule has 1 aromatic carbocycles. The number of anilines is 2. The lowest BCUT2D eigenvalue weighted by atomic mass is 10.1. The fourth-order valence-electron chi connectivity index (χ4n) is 3.35. The van der Waals surface area contributed by atoms with Gasteiger partial charge in [0.25, 0.3) is 0 Å². The van der Waals surface area contributed by atoms with Crippen molar-refractivity contribution in [1.82, 2.24) is 4.98 Å². The van der Waals surface area contributed by atoms with Gasteiger partial charge in [-0.1, -0.05) is 19.8 Å². The third-order valence-electron chi connectivity index (χ3n) is 4.49. The molecule has 1 atom stereocenters. The first kappa shape index (κ1) is 14.6. The van der Waals surface area contributed by atoms with Gasteiger partial charge in [-0.15, -0.1) is 0 Å². The number of benzene rings is 1. The van der Waals surface area contributed by atoms with Gasteiger partial charge in [-0.3, -0.25) is 4.98 Å². The molecule has 1 saturated heterocycles. The molecule has 0 amide bonds. The Morgan fingerprint density at radius 2 is 2.19 bits per heavy atom. The molecule has 0 radical (unpaired) electrons. The van der Waals surface area contributed by atoms with Crippen LogP contribution in [0.2, 0.25) is 0 Å². The first-order valence-electron chi connectivity index (χ1n) is 7.81. The number of fused-ring (bicyclic) bond motifs is 1. The van der Waals surface area contributed by atoms with Crippen LogP contribution in [0.3, 0.4) is 0 Å². The molecule has 0 saturated carbocycles. The zero-order chi connectivity index (χ0) is 14.8. The number of aromatic nitrogens is 1. The van der Waals surface area contributed by atoms with Gasteiger partial charge in [0.05, 0.1) is 11.2 Å². The average Bonchev–Trinajstić information content (AvgIpc) is 2.73. The van der Waals surface area contributed by atoms with E-state index in [0.29, 0.717) is 6.04 Å². The maximum atomic E-state index is 6.14. The van der Waals surface area contributed by atoms with E-state index in [1.165, 1.54) is 37.8 Å². The van der Waals surface area contributed by atoms with Gasteiger partial charge in [0.15, 0.2) is 0 Å². The first-order valence-corrected chi connectivity index (χ1v) is 8.60. The summed E-state index contributed by atoms with van der Waals surface area (Å²) in [7, 11) is 0. The summed E-state index contributed by atoms with van der Waals surface area (Å²) in [5.41, 5.74) is 9.20. The lowest BCUT2D eigenvalue weighted by Gasteiger charge is -2.32. The van der Waals surface area contributed by atoms with E-state index in [1.807, 2.05) is 12.3 Å². The van der Waals surface area contributed by atoms with Gasteiger partial charge in [0.1, 0.15) is 0 Å². The highest BCUT2D eigenvalue weighted by molar-refractivity contribution is 9.10. The molecule has 3 nitrogen and oxygen atoms in total. The molecule has 1 aromatic heterocycles. The van der Waals surface area contributed by atoms with Crippen molar-refractivity contribution in [2.45, 2.75) is 45.1 Å². The van der Waals surface area contributed by atoms with Crippen molar-refractivity contribution < 1.29 is 0 Å². The van der Waals surface area contributed by atoms with Crippen LogP contribution in [0.1, 0.15) is 39.0 Å². The van der Waals surface area contributed by atoms with Crippen LogP contribution >= 0.6 is 15.9 Å². The lowest BCUT2D eigenvalue weighted by Crippen LogP contribution is -2.34. The minimum Gasteiger partial charge on any atom is -0.398 e. The van der Waals surface area contributed by atoms with E-state index in [1.54, 1.807) is 0 Å². The molecule has 0 spiro atoms. The second-order valence-corrected chi connectivity index (χ2v) is 6.74. The van der Waals surface area contributed by atoms with Crippen LogP contribution in [-0.4, -0.2) is 17.6 Å². The van der Waals surface area contributed by atoms with E-state index in [0.717, 1.165) is 27.6 Å². The molecular weight excluding hydrogens is 326 g/mol. The summed E-state index contributed by atoms with van der Waals surface area (Å²) in [5.74, 6) is 0. The van der Waals surface area contributed by atoms with E-state index < -0.39 is 0 Å². The molecular formula is C17H22BrN3. The molecule has 0 bridgehead atoms. The minimum atomic E-state index is 0.616. The normalized spacial score (nSPS) is 19.7. The van der Waals surface area contributed by atoms with E-state index in [-0.39, 0.29) is 0 Å². The maximum absolute atomic E-state index is 6.14. The number of rotatable bonds is 2. The first-order chi connectivity index (χ1) is 10.2. The molecule has 4 heteroatoms. The number of hydrogen-bond donors (Lipinski definition) is 1. The molecule has 2 N–H and O–H groups in total. The molecule has 1 fully saturated rings. The van der Waals surface area contributed by atoms with Crippen molar-refractivity contribution >= 4 is 38.2 Å². The maximum Gasteiger partial charge on any atom is 0.0956 e. The molecule has 3 rings (SSSR count). The van der Waals surface area contributed by atoms with Crippen molar-refractivity contribution in [3.8, 4) is 0 Å². The molecule has 112 valence electrons. The second-order valence-electron chi connectivity index (χ2n) is 5.83. The molecule has 21 heavy (non-hydrogen) atoms. The van der Waals surface area contributed by atoms with Gasteiger partial charge < -0.3 is 10.6 Å². The van der Waals surface area contributed by atoms with Crippen LogP contribution in [0.5, 0.6) is 0 Å². The third-order valence-corrected chi connectivity index (χ3v) is 4.92. The third kappa shape index (κ3) is 2.86. The van der Waals surface area contributed by atoms with Crippen molar-refractivity contribution in [3.63, 3.8) is 0 Å². The highest BCUT2D eigenvalue weighted by Crippen LogP contribution is 2.34. The van der Waals surface area contributed by atoms with Crippen molar-refractivity contribution in [2.75, 3.05) is 17.2 Å². The molecule has 1 aliphatic heterocycles. The van der Waals surface area contributed by atoms with Crippen LogP contribution < -0.4 is 10.6 Å². The Morgan fingerprint density at radius 1 is 1.33 bits per heavy atom. The number of halogens is 1. The topological polar surface area (TPSA) is 42.1 Å². The summed E-state index contributed by atoms with van der Waals surface area (Å²) >= 11 is 3.49. The van der Waals surface area contributed by atoms with Gasteiger partial charge >= 0.3 is 0 Å². The zero-order valence-electron chi connectivity index (χ0n) is 12.5. The monoisotopic (exact) mass is 347 g/mol. The van der Waals surface area contributed by atoms with Gasteiger partial charge in [0.2, 0.25) is 0 Å². The van der Waals surface area contributed by atoms with Crippen molar-refractivity contribution in [1.29, 1.82) is 0 Å². The summed E-state index contributed by atoms with van der Waals surface area (Å²) < 4.78 is 0.974. The second kappa shape index (κ2) is 6.22. The van der Waals surface area contributed by atoms with E-state index >= 15 is 0 Å². The lowest BCUT2D eigenvalue weighted by molar-refractivity contribution is 0.557. The van der Waals surface area contributed by atoms with Crippen LogP contribution in [-0.2, 0) is 0 Å². The molecule has 1 aliphatic rings. The number of nitrogens with two attached hydrogens (primary N) is 1. The molecule has 2 aromatic rings. The predicted molar refractivity (Wildman–Crippen MR) is 93.7 cm³/mol. The molecule has 0 aliphatic carbocycles. The summed E-state index contributed by atoms with van der Waals surface area (Å²) in [4.78, 5) is 7.20. The Balaban J connectivity index is 2.12. The quantitative estimate of drug-likeness (QED) is 0.797. The van der Waals surface area contributed by atoms with Gasteiger partial charge in [0, 0.05) is 34.3 Å². The number of nitrogens with zero attached hydrogens (tertiary/aromatic N) is 2. The van der Waals surface area contributed by atoms with Gasteiger partial charge in [-0.05, 0) is 53.4 Å². The van der Waals surface area contributed by atoms with E-state index in [2.05, 4.69) is 44.9 Å². The largest absolute Gasteiger partial charge is 0.398 e. The predicted octanol–water partition coefficient (Wildman–Crippen LogP) is 4.74. The fraction of sp³-hybridized carbons (Fsp3) is 0.471.